The Morgan fingerprint density at radius 2 is 1.56 bits per heavy atom. The lowest BCUT2D eigenvalue weighted by Gasteiger charge is -2.27. The summed E-state index contributed by atoms with van der Waals surface area (Å²) in [5.74, 6) is 0.669. The summed E-state index contributed by atoms with van der Waals surface area (Å²) in [6, 6.07) is 16.7. The van der Waals surface area contributed by atoms with E-state index in [-0.39, 0.29) is 11.9 Å². The van der Waals surface area contributed by atoms with E-state index in [1.165, 1.54) is 56.1 Å². The second kappa shape index (κ2) is 14.0. The maximum Gasteiger partial charge on any atom is 0.314 e. The van der Waals surface area contributed by atoms with Crippen molar-refractivity contribution >= 4 is 5.97 Å². The molecule has 0 atom stereocenters. The molecule has 0 amide bonds. The molecule has 1 aliphatic rings. The quantitative estimate of drug-likeness (QED) is 0.182. The van der Waals surface area contributed by atoms with Gasteiger partial charge >= 0.3 is 5.97 Å². The van der Waals surface area contributed by atoms with Crippen molar-refractivity contribution in [1.29, 1.82) is 5.26 Å². The van der Waals surface area contributed by atoms with Crippen LogP contribution < -0.4 is 4.74 Å². The van der Waals surface area contributed by atoms with E-state index in [4.69, 9.17) is 4.74 Å². The molecular weight excluding hydrogens is 418 g/mol. The van der Waals surface area contributed by atoms with Crippen molar-refractivity contribution in [3.8, 4) is 11.8 Å². The van der Waals surface area contributed by atoms with Crippen molar-refractivity contribution in [3.05, 3.63) is 64.7 Å². The fraction of sp³-hybridized carbons (Fsp3) is 0.548. The van der Waals surface area contributed by atoms with Crippen LogP contribution in [0.15, 0.2) is 42.5 Å². The van der Waals surface area contributed by atoms with E-state index in [0.717, 1.165) is 44.1 Å². The second-order valence-corrected chi connectivity index (χ2v) is 10.0. The lowest BCUT2D eigenvalue weighted by molar-refractivity contribution is -0.140. The Kier molecular flexibility index (Phi) is 10.7. The second-order valence-electron chi connectivity index (χ2n) is 10.0. The molecule has 34 heavy (non-hydrogen) atoms. The third-order valence-electron chi connectivity index (χ3n) is 7.30. The Hall–Kier alpha value is -2.60. The Labute approximate surface area is 206 Å². The number of ether oxygens (including phenoxy) is 1. The Morgan fingerprint density at radius 1 is 0.912 bits per heavy atom. The third-order valence-corrected chi connectivity index (χ3v) is 7.30. The first-order valence-corrected chi connectivity index (χ1v) is 13.4. The number of nitrogens with zero attached hydrogens (tertiary/aromatic N) is 1. The van der Waals surface area contributed by atoms with Gasteiger partial charge in [0.1, 0.15) is 11.8 Å². The fourth-order valence-corrected chi connectivity index (χ4v) is 5.06. The summed E-state index contributed by atoms with van der Waals surface area (Å²) in [6.07, 6.45) is 15.0. The van der Waals surface area contributed by atoms with Crippen LogP contribution >= 0.6 is 0 Å². The first-order valence-electron chi connectivity index (χ1n) is 13.4. The zero-order valence-electron chi connectivity index (χ0n) is 21.2. The molecule has 1 fully saturated rings. The van der Waals surface area contributed by atoms with Crippen LogP contribution in [0.1, 0.15) is 112 Å². The summed E-state index contributed by atoms with van der Waals surface area (Å²) in [5, 5.41) is 9.62. The number of carbonyl (C=O) groups excluding carboxylic acids is 1. The van der Waals surface area contributed by atoms with Crippen molar-refractivity contribution in [2.24, 2.45) is 5.92 Å². The van der Waals surface area contributed by atoms with Gasteiger partial charge in [-0.15, -0.1) is 0 Å². The number of carbonyl (C=O) groups is 1. The first kappa shape index (κ1) is 26.0. The molecule has 3 nitrogen and oxygen atoms in total. The molecule has 0 N–H and O–H groups in total. The molecular formula is C31H41NO2. The van der Waals surface area contributed by atoms with Crippen LogP contribution in [-0.4, -0.2) is 5.97 Å². The van der Waals surface area contributed by atoms with Crippen LogP contribution in [0.4, 0.5) is 0 Å². The van der Waals surface area contributed by atoms with Crippen molar-refractivity contribution in [3.63, 3.8) is 0 Å². The molecule has 0 bridgehead atoms. The van der Waals surface area contributed by atoms with Gasteiger partial charge in [-0.05, 0) is 74.6 Å². The summed E-state index contributed by atoms with van der Waals surface area (Å²) in [6.45, 7) is 4.36. The zero-order valence-corrected chi connectivity index (χ0v) is 21.2. The van der Waals surface area contributed by atoms with E-state index in [1.807, 2.05) is 18.2 Å². The van der Waals surface area contributed by atoms with Crippen molar-refractivity contribution in [1.82, 2.24) is 0 Å². The normalized spacial score (nSPS) is 17.8. The molecule has 0 aliphatic heterocycles. The number of unbranched alkanes of at least 4 members (excludes halogenated alkanes) is 7. The monoisotopic (exact) mass is 459 g/mol. The first-order chi connectivity index (χ1) is 16.6. The van der Waals surface area contributed by atoms with Gasteiger partial charge in [0, 0.05) is 0 Å². The maximum atomic E-state index is 12.8. The van der Waals surface area contributed by atoms with Crippen LogP contribution in [0.25, 0.3) is 0 Å². The average molecular weight is 460 g/mol. The zero-order chi connectivity index (χ0) is 24.2. The highest BCUT2D eigenvalue weighted by molar-refractivity contribution is 5.76. The van der Waals surface area contributed by atoms with Gasteiger partial charge in [-0.3, -0.25) is 4.79 Å². The minimum Gasteiger partial charge on any atom is -0.425 e. The number of hydrogen-bond acceptors (Lipinski definition) is 3. The topological polar surface area (TPSA) is 50.1 Å². The molecule has 0 saturated heterocycles. The number of nitriles is 1. The number of hydrogen-bond donors (Lipinski definition) is 0. The van der Waals surface area contributed by atoms with Gasteiger partial charge in [0.15, 0.2) is 0 Å². The molecule has 0 unspecified atom stereocenters. The standard InChI is InChI=1S/C31H41NO2/c1-3-4-5-6-7-8-9-10-11-25-14-21-30(29(22-25)23-32)34-31(33)28-19-17-27(18-20-28)26-15-12-24(2)13-16-26/h12-16,21-22,27-28H,3-11,17-20H2,1-2H3. The molecule has 2 aromatic rings. The van der Waals surface area contributed by atoms with E-state index < -0.39 is 0 Å². The number of aryl methyl sites for hydroxylation is 2. The van der Waals surface area contributed by atoms with Gasteiger partial charge in [0.2, 0.25) is 0 Å². The van der Waals surface area contributed by atoms with Gasteiger partial charge in [0.25, 0.3) is 0 Å². The lowest BCUT2D eigenvalue weighted by Crippen LogP contribution is -2.25. The van der Waals surface area contributed by atoms with Crippen LogP contribution in [0.5, 0.6) is 5.75 Å². The molecule has 2 aromatic carbocycles. The molecule has 0 spiro atoms. The van der Waals surface area contributed by atoms with E-state index in [1.54, 1.807) is 0 Å². The van der Waals surface area contributed by atoms with Crippen LogP contribution in [0.2, 0.25) is 0 Å². The van der Waals surface area contributed by atoms with Crippen LogP contribution in [0.3, 0.4) is 0 Å². The predicted molar refractivity (Wildman–Crippen MR) is 139 cm³/mol. The molecule has 0 heterocycles. The number of esters is 1. The van der Waals surface area contributed by atoms with Crippen molar-refractivity contribution in [2.45, 2.75) is 103 Å². The molecule has 0 radical (unpaired) electrons. The molecule has 182 valence electrons. The van der Waals surface area contributed by atoms with E-state index in [0.29, 0.717) is 17.2 Å². The van der Waals surface area contributed by atoms with E-state index in [9.17, 15) is 10.1 Å². The largest absolute Gasteiger partial charge is 0.425 e. The van der Waals surface area contributed by atoms with Crippen LogP contribution in [0, 0.1) is 24.2 Å². The summed E-state index contributed by atoms with van der Waals surface area (Å²) in [4.78, 5) is 12.8. The molecule has 3 rings (SSSR count). The molecule has 0 aromatic heterocycles. The smallest absolute Gasteiger partial charge is 0.314 e. The summed E-state index contributed by atoms with van der Waals surface area (Å²) < 4.78 is 5.72. The highest BCUT2D eigenvalue weighted by Crippen LogP contribution is 2.36. The summed E-state index contributed by atoms with van der Waals surface area (Å²) in [5.41, 5.74) is 4.27. The average Bonchev–Trinajstić information content (AvgIpc) is 2.87. The van der Waals surface area contributed by atoms with Crippen molar-refractivity contribution < 1.29 is 9.53 Å². The lowest BCUT2D eigenvalue weighted by atomic mass is 9.78. The van der Waals surface area contributed by atoms with Crippen molar-refractivity contribution in [2.75, 3.05) is 0 Å². The van der Waals surface area contributed by atoms with Gasteiger partial charge in [-0.2, -0.15) is 5.26 Å². The van der Waals surface area contributed by atoms with Gasteiger partial charge in [-0.1, -0.05) is 87.8 Å². The van der Waals surface area contributed by atoms with Crippen LogP contribution in [-0.2, 0) is 11.2 Å². The Bertz CT molecular complexity index is 933. The Morgan fingerprint density at radius 3 is 2.21 bits per heavy atom. The summed E-state index contributed by atoms with van der Waals surface area (Å²) >= 11 is 0. The third kappa shape index (κ3) is 8.01. The highest BCUT2D eigenvalue weighted by atomic mass is 16.5. The maximum absolute atomic E-state index is 12.8. The number of rotatable bonds is 12. The van der Waals surface area contributed by atoms with Gasteiger partial charge in [0.05, 0.1) is 11.5 Å². The van der Waals surface area contributed by atoms with Gasteiger partial charge < -0.3 is 4.74 Å². The Balaban J connectivity index is 1.43. The molecule has 1 saturated carbocycles. The summed E-state index contributed by atoms with van der Waals surface area (Å²) in [7, 11) is 0. The predicted octanol–water partition coefficient (Wildman–Crippen LogP) is 8.43. The van der Waals surface area contributed by atoms with E-state index in [2.05, 4.69) is 44.2 Å². The minimum absolute atomic E-state index is 0.0785. The number of benzene rings is 2. The molecule has 3 heteroatoms. The SMILES string of the molecule is CCCCCCCCCCc1ccc(OC(=O)C2CCC(c3ccc(C)cc3)CC2)c(C#N)c1. The molecule has 1 aliphatic carbocycles. The fourth-order valence-electron chi connectivity index (χ4n) is 5.06. The van der Waals surface area contributed by atoms with E-state index >= 15 is 0 Å². The highest BCUT2D eigenvalue weighted by Gasteiger charge is 2.29. The van der Waals surface area contributed by atoms with Gasteiger partial charge in [-0.25, -0.2) is 0 Å². The minimum atomic E-state index is -0.185.